The molecule has 0 saturated carbocycles. The van der Waals surface area contributed by atoms with Gasteiger partial charge in [-0.25, -0.2) is 23.7 Å². The molecule has 0 aliphatic rings. The Labute approximate surface area is 210 Å². The fraction of sp³-hybridized carbons (Fsp3) is 0.0714. The number of nitrogens with zero attached hydrogens (tertiary/aromatic N) is 4. The molecule has 2 heterocycles. The van der Waals surface area contributed by atoms with Crippen LogP contribution in [0.3, 0.4) is 0 Å². The van der Waals surface area contributed by atoms with Gasteiger partial charge in [-0.05, 0) is 42.5 Å². The van der Waals surface area contributed by atoms with Gasteiger partial charge in [-0.2, -0.15) is 0 Å². The van der Waals surface area contributed by atoms with Gasteiger partial charge in [0, 0.05) is 18.5 Å². The van der Waals surface area contributed by atoms with Crippen LogP contribution >= 0.6 is 0 Å². The third-order valence-electron chi connectivity index (χ3n) is 5.61. The summed E-state index contributed by atoms with van der Waals surface area (Å²) in [4.78, 5) is 26.1. The molecule has 37 heavy (non-hydrogen) atoms. The number of nitrogens with two attached hydrogens (primary N) is 1. The number of nitrogens with one attached hydrogen (secondary N) is 1. The van der Waals surface area contributed by atoms with Crippen LogP contribution in [0.2, 0.25) is 0 Å². The first-order valence-electron chi connectivity index (χ1n) is 11.4. The Morgan fingerprint density at radius 1 is 0.946 bits per heavy atom. The summed E-state index contributed by atoms with van der Waals surface area (Å²) in [5.41, 5.74) is 7.14. The van der Waals surface area contributed by atoms with E-state index in [2.05, 4.69) is 32.1 Å². The van der Waals surface area contributed by atoms with Crippen molar-refractivity contribution in [2.75, 3.05) is 17.6 Å². The fourth-order valence-corrected chi connectivity index (χ4v) is 3.89. The second-order valence-electron chi connectivity index (χ2n) is 8.06. The number of hydrogen-bond acceptors (Lipinski definition) is 6. The monoisotopic (exact) mass is 494 g/mol. The first kappa shape index (κ1) is 23.6. The van der Waals surface area contributed by atoms with Gasteiger partial charge in [0.05, 0.1) is 11.2 Å². The van der Waals surface area contributed by atoms with Crippen molar-refractivity contribution in [3.63, 3.8) is 0 Å². The normalized spacial score (nSPS) is 10.6. The van der Waals surface area contributed by atoms with Crippen LogP contribution in [-0.4, -0.2) is 26.1 Å². The molecule has 0 aliphatic carbocycles. The molecule has 9 heteroatoms. The largest absolute Gasteiger partial charge is 0.382 e. The minimum Gasteiger partial charge on any atom is -0.382 e. The van der Waals surface area contributed by atoms with E-state index in [0.717, 1.165) is 5.56 Å². The molecule has 0 spiro atoms. The zero-order valence-corrected chi connectivity index (χ0v) is 19.5. The Balaban J connectivity index is 1.49. The van der Waals surface area contributed by atoms with Crippen molar-refractivity contribution < 1.29 is 8.78 Å². The molecule has 0 fully saturated rings. The molecular formula is C28H20F2N6O. The van der Waals surface area contributed by atoms with Crippen LogP contribution in [0.25, 0.3) is 16.6 Å². The van der Waals surface area contributed by atoms with Crippen LogP contribution in [0.5, 0.6) is 0 Å². The summed E-state index contributed by atoms with van der Waals surface area (Å²) in [6.45, 7) is 0.277. The van der Waals surface area contributed by atoms with E-state index >= 15 is 0 Å². The molecule has 7 nitrogen and oxygen atoms in total. The van der Waals surface area contributed by atoms with E-state index in [1.54, 1.807) is 12.1 Å². The summed E-state index contributed by atoms with van der Waals surface area (Å²) in [5, 5.41) is 3.01. The molecule has 5 aromatic rings. The summed E-state index contributed by atoms with van der Waals surface area (Å²) >= 11 is 0. The SMILES string of the molecule is Nc1ncnc(NCCc2nc3cccc(F)c3c(=O)n2-c2cccc(F)c2)c1C#Cc1ccccc1. The van der Waals surface area contributed by atoms with E-state index in [9.17, 15) is 13.6 Å². The average Bonchev–Trinajstić information content (AvgIpc) is 2.89. The molecular weight excluding hydrogens is 474 g/mol. The minimum absolute atomic E-state index is 0.162. The van der Waals surface area contributed by atoms with Crippen molar-refractivity contribution >= 4 is 22.5 Å². The summed E-state index contributed by atoms with van der Waals surface area (Å²) in [6.07, 6.45) is 1.55. The van der Waals surface area contributed by atoms with Crippen LogP contribution in [0.4, 0.5) is 20.4 Å². The topological polar surface area (TPSA) is 98.7 Å². The summed E-state index contributed by atoms with van der Waals surface area (Å²) < 4.78 is 29.7. The van der Waals surface area contributed by atoms with Gasteiger partial charge in [0.25, 0.3) is 5.56 Å². The van der Waals surface area contributed by atoms with Crippen molar-refractivity contribution in [2.24, 2.45) is 0 Å². The third kappa shape index (κ3) is 4.99. The molecule has 0 unspecified atom stereocenters. The second kappa shape index (κ2) is 10.3. The quantitative estimate of drug-likeness (QED) is 0.357. The summed E-state index contributed by atoms with van der Waals surface area (Å²) in [6, 6.07) is 19.2. The highest BCUT2D eigenvalue weighted by atomic mass is 19.1. The lowest BCUT2D eigenvalue weighted by Gasteiger charge is -2.15. The van der Waals surface area contributed by atoms with Crippen molar-refractivity contribution in [1.29, 1.82) is 0 Å². The highest BCUT2D eigenvalue weighted by Gasteiger charge is 2.16. The average molecular weight is 495 g/mol. The molecule has 0 bridgehead atoms. The third-order valence-corrected chi connectivity index (χ3v) is 5.61. The number of fused-ring (bicyclic) bond motifs is 1. The Morgan fingerprint density at radius 3 is 2.57 bits per heavy atom. The second-order valence-corrected chi connectivity index (χ2v) is 8.06. The Morgan fingerprint density at radius 2 is 1.76 bits per heavy atom. The van der Waals surface area contributed by atoms with Crippen LogP contribution in [0, 0.1) is 23.5 Å². The molecule has 3 aromatic carbocycles. The fourth-order valence-electron chi connectivity index (χ4n) is 3.89. The lowest BCUT2D eigenvalue weighted by Crippen LogP contribution is -2.26. The number of nitrogen functional groups attached to an aromatic ring is 1. The van der Waals surface area contributed by atoms with Gasteiger partial charge in [-0.15, -0.1) is 0 Å². The van der Waals surface area contributed by atoms with Crippen molar-refractivity contribution in [3.05, 3.63) is 118 Å². The van der Waals surface area contributed by atoms with E-state index in [0.29, 0.717) is 17.2 Å². The summed E-state index contributed by atoms with van der Waals surface area (Å²) in [7, 11) is 0. The van der Waals surface area contributed by atoms with E-state index < -0.39 is 17.2 Å². The zero-order valence-electron chi connectivity index (χ0n) is 19.5. The lowest BCUT2D eigenvalue weighted by molar-refractivity contribution is 0.625. The van der Waals surface area contributed by atoms with Crippen molar-refractivity contribution in [2.45, 2.75) is 6.42 Å². The van der Waals surface area contributed by atoms with Gasteiger partial charge in [-0.3, -0.25) is 9.36 Å². The minimum atomic E-state index is -0.692. The lowest BCUT2D eigenvalue weighted by atomic mass is 10.2. The van der Waals surface area contributed by atoms with Gasteiger partial charge >= 0.3 is 0 Å². The number of aromatic nitrogens is 4. The van der Waals surface area contributed by atoms with E-state index in [1.807, 2.05) is 30.3 Å². The number of rotatable bonds is 5. The number of anilines is 2. The van der Waals surface area contributed by atoms with Crippen molar-refractivity contribution in [1.82, 2.24) is 19.5 Å². The van der Waals surface area contributed by atoms with Gasteiger partial charge < -0.3 is 11.1 Å². The highest BCUT2D eigenvalue weighted by molar-refractivity contribution is 5.78. The van der Waals surface area contributed by atoms with Gasteiger partial charge in [0.2, 0.25) is 0 Å². The molecule has 0 amide bonds. The van der Waals surface area contributed by atoms with E-state index in [-0.39, 0.29) is 35.4 Å². The molecule has 3 N–H and O–H groups in total. The molecule has 182 valence electrons. The maximum atomic E-state index is 14.5. The van der Waals surface area contributed by atoms with Crippen LogP contribution in [0.15, 0.2) is 83.9 Å². The first-order valence-corrected chi connectivity index (χ1v) is 11.4. The van der Waals surface area contributed by atoms with E-state index in [4.69, 9.17) is 5.73 Å². The van der Waals surface area contributed by atoms with Crippen molar-refractivity contribution in [3.8, 4) is 17.5 Å². The Hall–Kier alpha value is -5.10. The molecule has 2 aromatic heterocycles. The maximum absolute atomic E-state index is 14.5. The Kier molecular flexibility index (Phi) is 6.55. The van der Waals surface area contributed by atoms with Gasteiger partial charge in [0.15, 0.2) is 0 Å². The molecule has 0 saturated heterocycles. The predicted molar refractivity (Wildman–Crippen MR) is 138 cm³/mol. The molecule has 0 atom stereocenters. The standard InChI is InChI=1S/C28H20F2N6O/c29-19-8-4-9-20(16-19)36-24(35-23-11-5-10-22(30)25(23)28(36)37)14-15-32-27-21(26(31)33-17-34-27)13-12-18-6-2-1-3-7-18/h1-11,16-17H,14-15H2,(H3,31,32,33,34). The number of benzene rings is 3. The number of halogens is 2. The molecule has 5 rings (SSSR count). The first-order chi connectivity index (χ1) is 18.0. The zero-order chi connectivity index (χ0) is 25.8. The van der Waals surface area contributed by atoms with Crippen LogP contribution < -0.4 is 16.6 Å². The maximum Gasteiger partial charge on any atom is 0.268 e. The molecule has 0 radical (unpaired) electrons. The van der Waals surface area contributed by atoms with Gasteiger partial charge in [-0.1, -0.05) is 42.2 Å². The summed E-state index contributed by atoms with van der Waals surface area (Å²) in [5.74, 6) is 5.79. The van der Waals surface area contributed by atoms with Crippen LogP contribution in [0.1, 0.15) is 17.0 Å². The Bertz CT molecular complexity index is 1720. The predicted octanol–water partition coefficient (Wildman–Crippen LogP) is 4.09. The highest BCUT2D eigenvalue weighted by Crippen LogP contribution is 2.19. The van der Waals surface area contributed by atoms with E-state index in [1.165, 1.54) is 41.2 Å². The van der Waals surface area contributed by atoms with Gasteiger partial charge in [0.1, 0.15) is 46.4 Å². The smallest absolute Gasteiger partial charge is 0.268 e. The number of hydrogen-bond donors (Lipinski definition) is 2. The molecule has 0 aliphatic heterocycles. The van der Waals surface area contributed by atoms with Crippen LogP contribution in [-0.2, 0) is 6.42 Å².